The molecule has 1 saturated heterocycles. The minimum atomic E-state index is -0.953. The van der Waals surface area contributed by atoms with E-state index in [0.29, 0.717) is 22.7 Å². The first kappa shape index (κ1) is 20.3. The third-order valence-electron chi connectivity index (χ3n) is 5.52. The van der Waals surface area contributed by atoms with E-state index in [1.165, 1.54) is 23.1 Å². The molecule has 2 heterocycles. The first-order valence-corrected chi connectivity index (χ1v) is 9.96. The van der Waals surface area contributed by atoms with E-state index in [0.717, 1.165) is 6.07 Å². The fourth-order valence-corrected chi connectivity index (χ4v) is 4.01. The number of rotatable bonds is 4. The number of ether oxygens (including phenoxy) is 2. The van der Waals surface area contributed by atoms with Crippen LogP contribution in [0.1, 0.15) is 17.2 Å². The zero-order chi connectivity index (χ0) is 23.1. The number of ketones is 1. The van der Waals surface area contributed by atoms with Gasteiger partial charge in [0.2, 0.25) is 6.79 Å². The van der Waals surface area contributed by atoms with Gasteiger partial charge in [-0.25, -0.2) is 0 Å². The number of non-ortho nitro benzene ring substituents is 1. The Morgan fingerprint density at radius 2 is 1.73 bits per heavy atom. The lowest BCUT2D eigenvalue weighted by Gasteiger charge is -2.25. The lowest BCUT2D eigenvalue weighted by Crippen LogP contribution is -2.29. The zero-order valence-electron chi connectivity index (χ0n) is 17.0. The van der Waals surface area contributed by atoms with E-state index < -0.39 is 28.4 Å². The SMILES string of the molecule is O=C1C(=O)N(c2ccc3c(c2)OCO3)C(c2ccccc2)/C1=C(\O)c1cccc([N+](=O)[O-])c1. The number of hydrogen-bond donors (Lipinski definition) is 1. The largest absolute Gasteiger partial charge is 0.507 e. The van der Waals surface area contributed by atoms with E-state index in [2.05, 4.69) is 0 Å². The normalized spacial score (nSPS) is 18.5. The van der Waals surface area contributed by atoms with Crippen LogP contribution in [0.15, 0.2) is 78.4 Å². The second-order valence-electron chi connectivity index (χ2n) is 7.42. The Morgan fingerprint density at radius 3 is 2.48 bits per heavy atom. The Bertz CT molecular complexity index is 1330. The number of benzene rings is 3. The first-order chi connectivity index (χ1) is 16.0. The summed E-state index contributed by atoms with van der Waals surface area (Å²) in [4.78, 5) is 38.2. The van der Waals surface area contributed by atoms with Gasteiger partial charge < -0.3 is 14.6 Å². The highest BCUT2D eigenvalue weighted by atomic mass is 16.7. The molecule has 0 bridgehead atoms. The van der Waals surface area contributed by atoms with Crippen molar-refractivity contribution in [2.75, 3.05) is 11.7 Å². The van der Waals surface area contributed by atoms with Gasteiger partial charge in [-0.05, 0) is 17.7 Å². The Morgan fingerprint density at radius 1 is 0.970 bits per heavy atom. The molecule has 5 rings (SSSR count). The molecule has 33 heavy (non-hydrogen) atoms. The molecule has 9 nitrogen and oxygen atoms in total. The summed E-state index contributed by atoms with van der Waals surface area (Å²) in [5.74, 6) is -1.28. The van der Waals surface area contributed by atoms with Crippen LogP contribution in [0.4, 0.5) is 11.4 Å². The lowest BCUT2D eigenvalue weighted by molar-refractivity contribution is -0.384. The molecule has 2 aliphatic heterocycles. The van der Waals surface area contributed by atoms with Crippen LogP contribution in [0.5, 0.6) is 11.5 Å². The topological polar surface area (TPSA) is 119 Å². The summed E-state index contributed by atoms with van der Waals surface area (Å²) >= 11 is 0. The van der Waals surface area contributed by atoms with E-state index in [1.807, 2.05) is 0 Å². The van der Waals surface area contributed by atoms with Crippen LogP contribution in [0.3, 0.4) is 0 Å². The molecule has 3 aromatic carbocycles. The molecule has 3 aromatic rings. The summed E-state index contributed by atoms with van der Waals surface area (Å²) in [5, 5.41) is 22.3. The van der Waals surface area contributed by atoms with Crippen molar-refractivity contribution in [2.24, 2.45) is 0 Å². The zero-order valence-corrected chi connectivity index (χ0v) is 17.0. The quantitative estimate of drug-likeness (QED) is 0.213. The summed E-state index contributed by atoms with van der Waals surface area (Å²) in [6.45, 7) is 0.0481. The number of Topliss-reactive ketones (excluding diaryl/α,β-unsaturated/α-hetero) is 1. The fourth-order valence-electron chi connectivity index (χ4n) is 4.01. The van der Waals surface area contributed by atoms with E-state index in [4.69, 9.17) is 9.47 Å². The van der Waals surface area contributed by atoms with Crippen LogP contribution in [-0.4, -0.2) is 28.5 Å². The van der Waals surface area contributed by atoms with E-state index in [9.17, 15) is 24.8 Å². The molecule has 1 N–H and O–H groups in total. The van der Waals surface area contributed by atoms with Crippen LogP contribution in [-0.2, 0) is 9.59 Å². The van der Waals surface area contributed by atoms with Crippen LogP contribution in [0.2, 0.25) is 0 Å². The van der Waals surface area contributed by atoms with Crippen LogP contribution in [0, 0.1) is 10.1 Å². The molecule has 2 aliphatic rings. The molecular formula is C24H16N2O7. The number of aliphatic hydroxyl groups is 1. The van der Waals surface area contributed by atoms with Crippen molar-refractivity contribution in [2.45, 2.75) is 6.04 Å². The van der Waals surface area contributed by atoms with E-state index in [-0.39, 0.29) is 23.6 Å². The number of nitro groups is 1. The molecule has 0 radical (unpaired) electrons. The molecule has 1 amide bonds. The molecule has 9 heteroatoms. The first-order valence-electron chi connectivity index (χ1n) is 9.96. The van der Waals surface area contributed by atoms with Gasteiger partial charge >= 0.3 is 0 Å². The number of carbonyl (C=O) groups excluding carboxylic acids is 2. The van der Waals surface area contributed by atoms with Gasteiger partial charge in [0, 0.05) is 29.4 Å². The van der Waals surface area contributed by atoms with Gasteiger partial charge in [0.25, 0.3) is 17.4 Å². The number of aliphatic hydroxyl groups excluding tert-OH is 1. The predicted molar refractivity (Wildman–Crippen MR) is 117 cm³/mol. The van der Waals surface area contributed by atoms with Gasteiger partial charge in [-0.3, -0.25) is 24.6 Å². The van der Waals surface area contributed by atoms with Gasteiger partial charge in [0.1, 0.15) is 5.76 Å². The number of anilines is 1. The van der Waals surface area contributed by atoms with Crippen LogP contribution in [0.25, 0.3) is 5.76 Å². The number of nitrogens with zero attached hydrogens (tertiary/aromatic N) is 2. The molecule has 164 valence electrons. The minimum absolute atomic E-state index is 0.0481. The third kappa shape index (κ3) is 3.35. The predicted octanol–water partition coefficient (Wildman–Crippen LogP) is 3.95. The highest BCUT2D eigenvalue weighted by molar-refractivity contribution is 6.51. The van der Waals surface area contributed by atoms with Gasteiger partial charge in [-0.15, -0.1) is 0 Å². The van der Waals surface area contributed by atoms with Crippen LogP contribution < -0.4 is 14.4 Å². The van der Waals surface area contributed by atoms with Crippen LogP contribution >= 0.6 is 0 Å². The van der Waals surface area contributed by atoms with Crippen molar-refractivity contribution in [1.29, 1.82) is 0 Å². The molecule has 1 unspecified atom stereocenters. The lowest BCUT2D eigenvalue weighted by atomic mass is 9.95. The third-order valence-corrected chi connectivity index (χ3v) is 5.52. The molecule has 0 spiro atoms. The van der Waals surface area contributed by atoms with Gasteiger partial charge in [0.15, 0.2) is 11.5 Å². The standard InChI is InChI=1S/C24H16N2O7/c27-22(15-7-4-8-17(11-15)26(30)31)20-21(14-5-2-1-3-6-14)25(24(29)23(20)28)16-9-10-18-19(12-16)33-13-32-18/h1-12,21,27H,13H2/b22-20+. The van der Waals surface area contributed by atoms with Crippen molar-refractivity contribution >= 4 is 28.8 Å². The Kier molecular flexibility index (Phi) is 4.78. The van der Waals surface area contributed by atoms with Gasteiger partial charge in [-0.2, -0.15) is 0 Å². The summed E-state index contributed by atoms with van der Waals surface area (Å²) in [6, 6.07) is 17.9. The molecule has 1 fully saturated rings. The molecule has 0 aliphatic carbocycles. The van der Waals surface area contributed by atoms with Gasteiger partial charge in [0.05, 0.1) is 16.5 Å². The molecule has 0 saturated carbocycles. The Labute approximate surface area is 187 Å². The smallest absolute Gasteiger partial charge is 0.300 e. The Balaban J connectivity index is 1.70. The molecule has 1 atom stereocenters. The Hall–Kier alpha value is -4.66. The number of amides is 1. The number of nitro benzene ring substituents is 1. The summed E-state index contributed by atoms with van der Waals surface area (Å²) in [6.07, 6.45) is 0. The van der Waals surface area contributed by atoms with Crippen molar-refractivity contribution in [3.63, 3.8) is 0 Å². The van der Waals surface area contributed by atoms with E-state index in [1.54, 1.807) is 48.5 Å². The summed E-state index contributed by atoms with van der Waals surface area (Å²) in [7, 11) is 0. The average molecular weight is 444 g/mol. The van der Waals surface area contributed by atoms with Crippen molar-refractivity contribution in [1.82, 2.24) is 0 Å². The maximum atomic E-state index is 13.2. The highest BCUT2D eigenvalue weighted by Crippen LogP contribution is 2.44. The highest BCUT2D eigenvalue weighted by Gasteiger charge is 2.47. The summed E-state index contributed by atoms with van der Waals surface area (Å²) < 4.78 is 10.7. The second-order valence-corrected chi connectivity index (χ2v) is 7.42. The van der Waals surface area contributed by atoms with E-state index >= 15 is 0 Å². The monoisotopic (exact) mass is 444 g/mol. The molecular weight excluding hydrogens is 428 g/mol. The average Bonchev–Trinajstić information content (AvgIpc) is 3.41. The van der Waals surface area contributed by atoms with Crippen molar-refractivity contribution in [3.8, 4) is 11.5 Å². The second kappa shape index (κ2) is 7.79. The van der Waals surface area contributed by atoms with Crippen molar-refractivity contribution in [3.05, 3.63) is 99.6 Å². The number of fused-ring (bicyclic) bond motifs is 1. The minimum Gasteiger partial charge on any atom is -0.507 e. The number of hydrogen-bond acceptors (Lipinski definition) is 7. The maximum absolute atomic E-state index is 13.2. The van der Waals surface area contributed by atoms with Gasteiger partial charge in [-0.1, -0.05) is 42.5 Å². The summed E-state index contributed by atoms with van der Waals surface area (Å²) in [5.41, 5.74) is 0.619. The number of carbonyl (C=O) groups is 2. The van der Waals surface area contributed by atoms with Crippen molar-refractivity contribution < 1.29 is 29.1 Å². The molecule has 0 aromatic heterocycles. The fraction of sp³-hybridized carbons (Fsp3) is 0.0833. The maximum Gasteiger partial charge on any atom is 0.300 e.